The van der Waals surface area contributed by atoms with Crippen LogP contribution in [0.1, 0.15) is 15.9 Å². The fraction of sp³-hybridized carbons (Fsp3) is 0.263. The van der Waals surface area contributed by atoms with Gasteiger partial charge < -0.3 is 4.90 Å². The van der Waals surface area contributed by atoms with Crippen LogP contribution in [0.3, 0.4) is 0 Å². The van der Waals surface area contributed by atoms with Gasteiger partial charge in [-0.25, -0.2) is 4.98 Å². The molecule has 2 aromatic carbocycles. The Morgan fingerprint density at radius 2 is 1.96 bits per heavy atom. The highest BCUT2D eigenvalue weighted by Crippen LogP contribution is 2.31. The largest absolute Gasteiger partial charge is 0.308 e. The Bertz CT molecular complexity index is 907. The number of rotatable bonds is 5. The quantitative estimate of drug-likeness (QED) is 0.609. The van der Waals surface area contributed by atoms with Gasteiger partial charge in [0.05, 0.1) is 10.2 Å². The molecule has 0 spiro atoms. The molecule has 0 radical (unpaired) electrons. The van der Waals surface area contributed by atoms with Crippen LogP contribution in [-0.4, -0.2) is 43.0 Å². The van der Waals surface area contributed by atoms with E-state index in [2.05, 4.69) is 25.8 Å². The van der Waals surface area contributed by atoms with Crippen molar-refractivity contribution in [2.24, 2.45) is 0 Å². The van der Waals surface area contributed by atoms with Crippen molar-refractivity contribution < 1.29 is 4.79 Å². The summed E-state index contributed by atoms with van der Waals surface area (Å²) in [5, 5.41) is 0.737. The van der Waals surface area contributed by atoms with Crippen LogP contribution in [0.15, 0.2) is 46.9 Å². The van der Waals surface area contributed by atoms with Crippen molar-refractivity contribution in [1.82, 2.24) is 9.88 Å². The molecule has 3 aromatic rings. The highest BCUT2D eigenvalue weighted by molar-refractivity contribution is 9.10. The topological polar surface area (TPSA) is 36.4 Å². The standard InChI is InChI=1S/C19H20BrN3OS/c1-13-5-4-6-14(11-13)18(24)23(10-9-22(2)3)19-21-16-8-7-15(20)12-17(16)25-19/h4-8,11-12H,9-10H2,1-3H3. The summed E-state index contributed by atoms with van der Waals surface area (Å²) in [6.45, 7) is 3.37. The normalized spacial score (nSPS) is 11.2. The summed E-state index contributed by atoms with van der Waals surface area (Å²) in [5.41, 5.74) is 2.68. The smallest absolute Gasteiger partial charge is 0.260 e. The van der Waals surface area contributed by atoms with Crippen LogP contribution < -0.4 is 4.90 Å². The maximum atomic E-state index is 13.1. The third-order valence-electron chi connectivity index (χ3n) is 3.85. The molecular formula is C19H20BrN3OS. The Labute approximate surface area is 160 Å². The van der Waals surface area contributed by atoms with E-state index in [-0.39, 0.29) is 5.91 Å². The fourth-order valence-electron chi connectivity index (χ4n) is 2.52. The summed E-state index contributed by atoms with van der Waals surface area (Å²) in [6, 6.07) is 13.7. The van der Waals surface area contributed by atoms with Crippen molar-refractivity contribution >= 4 is 48.5 Å². The molecule has 0 saturated heterocycles. The van der Waals surface area contributed by atoms with Gasteiger partial charge in [-0.3, -0.25) is 9.69 Å². The van der Waals surface area contributed by atoms with E-state index in [0.29, 0.717) is 12.1 Å². The number of hydrogen-bond acceptors (Lipinski definition) is 4. The molecule has 0 unspecified atom stereocenters. The van der Waals surface area contributed by atoms with Crippen LogP contribution in [0.25, 0.3) is 10.2 Å². The van der Waals surface area contributed by atoms with Gasteiger partial charge in [-0.15, -0.1) is 0 Å². The average molecular weight is 418 g/mol. The van der Waals surface area contributed by atoms with Crippen molar-refractivity contribution in [2.45, 2.75) is 6.92 Å². The van der Waals surface area contributed by atoms with Gasteiger partial charge in [-0.1, -0.05) is 45.0 Å². The minimum Gasteiger partial charge on any atom is -0.308 e. The first-order valence-electron chi connectivity index (χ1n) is 8.03. The molecule has 3 rings (SSSR count). The molecule has 0 aliphatic rings. The fourth-order valence-corrected chi connectivity index (χ4v) is 4.06. The van der Waals surface area contributed by atoms with Gasteiger partial charge in [0, 0.05) is 23.1 Å². The lowest BCUT2D eigenvalue weighted by Gasteiger charge is -2.22. The summed E-state index contributed by atoms with van der Waals surface area (Å²) in [7, 11) is 4.01. The van der Waals surface area contributed by atoms with Gasteiger partial charge >= 0.3 is 0 Å². The maximum absolute atomic E-state index is 13.1. The number of thiazole rings is 1. The van der Waals surface area contributed by atoms with E-state index in [1.165, 1.54) is 0 Å². The molecule has 0 aliphatic carbocycles. The number of likely N-dealkylation sites (N-methyl/N-ethyl adjacent to an activating group) is 1. The first-order chi connectivity index (χ1) is 11.9. The molecule has 0 fully saturated rings. The molecular weight excluding hydrogens is 398 g/mol. The molecule has 0 bridgehead atoms. The van der Waals surface area contributed by atoms with Gasteiger partial charge in [0.1, 0.15) is 0 Å². The minimum atomic E-state index is -0.0105. The number of halogens is 1. The number of aromatic nitrogens is 1. The van der Waals surface area contributed by atoms with E-state index in [4.69, 9.17) is 0 Å². The summed E-state index contributed by atoms with van der Waals surface area (Å²) in [5.74, 6) is -0.0105. The first kappa shape index (κ1) is 18.0. The lowest BCUT2D eigenvalue weighted by atomic mass is 10.1. The Kier molecular flexibility index (Phi) is 5.51. The van der Waals surface area contributed by atoms with Crippen molar-refractivity contribution in [1.29, 1.82) is 0 Å². The number of amides is 1. The zero-order valence-electron chi connectivity index (χ0n) is 14.5. The number of carbonyl (C=O) groups is 1. The molecule has 0 atom stereocenters. The van der Waals surface area contributed by atoms with Crippen LogP contribution in [-0.2, 0) is 0 Å². The van der Waals surface area contributed by atoms with Crippen molar-refractivity contribution in [3.63, 3.8) is 0 Å². The molecule has 6 heteroatoms. The number of carbonyl (C=O) groups excluding carboxylic acids is 1. The molecule has 130 valence electrons. The first-order valence-corrected chi connectivity index (χ1v) is 9.64. The molecule has 0 saturated carbocycles. The van der Waals surface area contributed by atoms with Crippen LogP contribution >= 0.6 is 27.3 Å². The SMILES string of the molecule is Cc1cccc(C(=O)N(CCN(C)C)c2nc3ccc(Br)cc3s2)c1. The van der Waals surface area contributed by atoms with Crippen LogP contribution in [0, 0.1) is 6.92 Å². The highest BCUT2D eigenvalue weighted by atomic mass is 79.9. The second-order valence-electron chi connectivity index (χ2n) is 6.24. The lowest BCUT2D eigenvalue weighted by Crippen LogP contribution is -2.36. The van der Waals surface area contributed by atoms with Crippen LogP contribution in [0.2, 0.25) is 0 Å². The maximum Gasteiger partial charge on any atom is 0.260 e. The monoisotopic (exact) mass is 417 g/mol. The Morgan fingerprint density at radius 3 is 2.68 bits per heavy atom. The van der Waals surface area contributed by atoms with E-state index in [9.17, 15) is 4.79 Å². The number of aryl methyl sites for hydroxylation is 1. The van der Waals surface area contributed by atoms with Crippen LogP contribution in [0.4, 0.5) is 5.13 Å². The number of fused-ring (bicyclic) bond motifs is 1. The molecule has 1 amide bonds. The number of benzene rings is 2. The molecule has 0 aliphatic heterocycles. The van der Waals surface area contributed by atoms with Crippen molar-refractivity contribution in [3.05, 3.63) is 58.1 Å². The van der Waals surface area contributed by atoms with E-state index in [1.54, 1.807) is 16.2 Å². The van der Waals surface area contributed by atoms with Gasteiger partial charge in [0.2, 0.25) is 0 Å². The van der Waals surface area contributed by atoms with Crippen LogP contribution in [0.5, 0.6) is 0 Å². The molecule has 4 nitrogen and oxygen atoms in total. The molecule has 1 heterocycles. The third kappa shape index (κ3) is 4.26. The predicted octanol–water partition coefficient (Wildman–Crippen LogP) is 4.58. The number of nitrogens with zero attached hydrogens (tertiary/aromatic N) is 3. The lowest BCUT2D eigenvalue weighted by molar-refractivity contribution is 0.0985. The second kappa shape index (κ2) is 7.64. The second-order valence-corrected chi connectivity index (χ2v) is 8.16. The average Bonchev–Trinajstić information content (AvgIpc) is 2.97. The predicted molar refractivity (Wildman–Crippen MR) is 109 cm³/mol. The van der Waals surface area contributed by atoms with Crippen molar-refractivity contribution in [3.8, 4) is 0 Å². The van der Waals surface area contributed by atoms with E-state index >= 15 is 0 Å². The van der Waals surface area contributed by atoms with Gasteiger partial charge in [-0.05, 0) is 51.4 Å². The highest BCUT2D eigenvalue weighted by Gasteiger charge is 2.21. The molecule has 25 heavy (non-hydrogen) atoms. The van der Waals surface area contributed by atoms with Gasteiger partial charge in [-0.2, -0.15) is 0 Å². The molecule has 1 aromatic heterocycles. The van der Waals surface area contributed by atoms with Gasteiger partial charge in [0.15, 0.2) is 5.13 Å². The number of hydrogen-bond donors (Lipinski definition) is 0. The Morgan fingerprint density at radius 1 is 1.16 bits per heavy atom. The van der Waals surface area contributed by atoms with Gasteiger partial charge in [0.25, 0.3) is 5.91 Å². The third-order valence-corrected chi connectivity index (χ3v) is 5.39. The summed E-state index contributed by atoms with van der Waals surface area (Å²) in [4.78, 5) is 21.7. The zero-order valence-corrected chi connectivity index (χ0v) is 16.9. The van der Waals surface area contributed by atoms with E-state index < -0.39 is 0 Å². The summed E-state index contributed by atoms with van der Waals surface area (Å²) < 4.78 is 2.08. The van der Waals surface area contributed by atoms with E-state index in [1.807, 2.05) is 63.5 Å². The minimum absolute atomic E-state index is 0.0105. The summed E-state index contributed by atoms with van der Waals surface area (Å²) in [6.07, 6.45) is 0. The Balaban J connectivity index is 1.99. The van der Waals surface area contributed by atoms with E-state index in [0.717, 1.165) is 31.9 Å². The number of anilines is 1. The van der Waals surface area contributed by atoms with Crippen molar-refractivity contribution in [2.75, 3.05) is 32.1 Å². The summed E-state index contributed by atoms with van der Waals surface area (Å²) >= 11 is 5.04. The molecule has 0 N–H and O–H groups in total. The Hall–Kier alpha value is -1.76. The zero-order chi connectivity index (χ0) is 18.0.